The third kappa shape index (κ3) is 5.61. The van der Waals surface area contributed by atoms with Gasteiger partial charge in [0.2, 0.25) is 0 Å². The van der Waals surface area contributed by atoms with Crippen LogP contribution in [0.25, 0.3) is 0 Å². The number of benzene rings is 2. The van der Waals surface area contributed by atoms with Crippen molar-refractivity contribution in [2.75, 3.05) is 18.5 Å². The number of amides is 1. The topological polar surface area (TPSA) is 47.6 Å². The van der Waals surface area contributed by atoms with Gasteiger partial charge in [0.05, 0.1) is 6.61 Å². The molecule has 2 aromatic rings. The monoisotopic (exact) mass is 327 g/mol. The molecule has 4 nitrogen and oxygen atoms in total. The van der Waals surface area contributed by atoms with Crippen LogP contribution in [0.2, 0.25) is 0 Å². The molecule has 0 saturated carbocycles. The lowest BCUT2D eigenvalue weighted by Gasteiger charge is -2.10. The molecular formula is C20H25NO3. The first kappa shape index (κ1) is 17.9. The highest BCUT2D eigenvalue weighted by molar-refractivity contribution is 5.91. The molecule has 24 heavy (non-hydrogen) atoms. The molecule has 0 aliphatic rings. The normalized spacial score (nSPS) is 10.3. The highest BCUT2D eigenvalue weighted by Crippen LogP contribution is 2.18. The summed E-state index contributed by atoms with van der Waals surface area (Å²) < 4.78 is 11.1. The number of anilines is 1. The third-order valence-corrected chi connectivity index (χ3v) is 3.75. The average molecular weight is 327 g/mol. The minimum absolute atomic E-state index is 0.0166. The Kier molecular flexibility index (Phi) is 6.67. The summed E-state index contributed by atoms with van der Waals surface area (Å²) in [5.41, 5.74) is 3.08. The Morgan fingerprint density at radius 2 is 1.67 bits per heavy atom. The summed E-state index contributed by atoms with van der Waals surface area (Å²) in [7, 11) is 0. The van der Waals surface area contributed by atoms with Crippen LogP contribution in [-0.2, 0) is 4.79 Å². The van der Waals surface area contributed by atoms with Crippen LogP contribution in [0.3, 0.4) is 0 Å². The van der Waals surface area contributed by atoms with Gasteiger partial charge in [0.25, 0.3) is 5.91 Å². The van der Waals surface area contributed by atoms with Crippen LogP contribution in [0.5, 0.6) is 11.5 Å². The Bertz CT molecular complexity index is 665. The quantitative estimate of drug-likeness (QED) is 0.726. The van der Waals surface area contributed by atoms with Crippen molar-refractivity contribution in [3.8, 4) is 11.5 Å². The fraction of sp³-hybridized carbons (Fsp3) is 0.350. The van der Waals surface area contributed by atoms with E-state index in [1.165, 1.54) is 5.56 Å². The molecule has 1 amide bonds. The second-order valence-corrected chi connectivity index (χ2v) is 5.81. The molecule has 0 aliphatic heterocycles. The first-order valence-electron chi connectivity index (χ1n) is 8.31. The first-order chi connectivity index (χ1) is 11.6. The smallest absolute Gasteiger partial charge is 0.262 e. The van der Waals surface area contributed by atoms with E-state index in [4.69, 9.17) is 9.47 Å². The third-order valence-electron chi connectivity index (χ3n) is 3.75. The zero-order valence-corrected chi connectivity index (χ0v) is 14.6. The summed E-state index contributed by atoms with van der Waals surface area (Å²) in [4.78, 5) is 12.0. The Hall–Kier alpha value is -2.49. The molecule has 2 rings (SSSR count). The van der Waals surface area contributed by atoms with Crippen LogP contribution in [0.1, 0.15) is 30.9 Å². The van der Waals surface area contributed by atoms with Crippen LogP contribution in [0.15, 0.2) is 42.5 Å². The van der Waals surface area contributed by atoms with E-state index < -0.39 is 0 Å². The number of nitrogens with one attached hydrogen (secondary N) is 1. The van der Waals surface area contributed by atoms with Gasteiger partial charge in [-0.2, -0.15) is 0 Å². The lowest BCUT2D eigenvalue weighted by atomic mass is 10.1. The van der Waals surface area contributed by atoms with Crippen LogP contribution in [0, 0.1) is 13.8 Å². The number of carbonyl (C=O) groups excluding carboxylic acids is 1. The average Bonchev–Trinajstić information content (AvgIpc) is 2.58. The zero-order chi connectivity index (χ0) is 17.4. The predicted molar refractivity (Wildman–Crippen MR) is 96.9 cm³/mol. The van der Waals surface area contributed by atoms with Gasteiger partial charge in [-0.3, -0.25) is 4.79 Å². The predicted octanol–water partition coefficient (Wildman–Crippen LogP) is 4.50. The lowest BCUT2D eigenvalue weighted by Crippen LogP contribution is -2.20. The van der Waals surface area contributed by atoms with Crippen molar-refractivity contribution in [1.82, 2.24) is 0 Å². The van der Waals surface area contributed by atoms with Gasteiger partial charge in [-0.25, -0.2) is 0 Å². The fourth-order valence-corrected chi connectivity index (χ4v) is 2.12. The summed E-state index contributed by atoms with van der Waals surface area (Å²) in [6, 6.07) is 13.2. The van der Waals surface area contributed by atoms with E-state index in [0.717, 1.165) is 29.8 Å². The highest BCUT2D eigenvalue weighted by atomic mass is 16.5. The van der Waals surface area contributed by atoms with E-state index in [1.807, 2.05) is 56.3 Å². The molecule has 0 unspecified atom stereocenters. The number of ether oxygens (including phenoxy) is 2. The van der Waals surface area contributed by atoms with Gasteiger partial charge in [0, 0.05) is 5.69 Å². The van der Waals surface area contributed by atoms with Crippen molar-refractivity contribution in [1.29, 1.82) is 0 Å². The van der Waals surface area contributed by atoms with Crippen molar-refractivity contribution in [2.24, 2.45) is 0 Å². The molecule has 0 heterocycles. The number of aryl methyl sites for hydroxylation is 2. The summed E-state index contributed by atoms with van der Waals surface area (Å²) in [5.74, 6) is 1.33. The summed E-state index contributed by atoms with van der Waals surface area (Å²) >= 11 is 0. The SMILES string of the molecule is CCCCOc1ccc(NC(=O)COc2ccc(C)c(C)c2)cc1. The van der Waals surface area contributed by atoms with Gasteiger partial charge in [0.15, 0.2) is 6.61 Å². The van der Waals surface area contributed by atoms with Gasteiger partial charge in [-0.05, 0) is 67.8 Å². The van der Waals surface area contributed by atoms with Crippen LogP contribution >= 0.6 is 0 Å². The second-order valence-electron chi connectivity index (χ2n) is 5.81. The van der Waals surface area contributed by atoms with E-state index in [0.29, 0.717) is 12.4 Å². The van der Waals surface area contributed by atoms with Crippen molar-refractivity contribution in [3.63, 3.8) is 0 Å². The molecule has 0 radical (unpaired) electrons. The van der Waals surface area contributed by atoms with Crippen molar-refractivity contribution >= 4 is 11.6 Å². The number of rotatable bonds is 8. The molecule has 128 valence electrons. The Balaban J connectivity index is 1.80. The van der Waals surface area contributed by atoms with Gasteiger partial charge >= 0.3 is 0 Å². The molecule has 0 spiro atoms. The number of hydrogen-bond donors (Lipinski definition) is 1. The van der Waals surface area contributed by atoms with E-state index in [2.05, 4.69) is 12.2 Å². The minimum Gasteiger partial charge on any atom is -0.494 e. The number of unbranched alkanes of at least 4 members (excludes halogenated alkanes) is 1. The summed E-state index contributed by atoms with van der Waals surface area (Å²) in [5, 5.41) is 2.81. The molecule has 0 fully saturated rings. The standard InChI is InChI=1S/C20H25NO3/c1-4-5-12-23-18-10-7-17(8-11-18)21-20(22)14-24-19-9-6-15(2)16(3)13-19/h6-11,13H,4-5,12,14H2,1-3H3,(H,21,22). The Labute approximate surface area is 143 Å². The Morgan fingerprint density at radius 1 is 0.958 bits per heavy atom. The van der Waals surface area contributed by atoms with E-state index in [-0.39, 0.29) is 12.5 Å². The van der Waals surface area contributed by atoms with Gasteiger partial charge in [-0.15, -0.1) is 0 Å². The molecule has 4 heteroatoms. The molecule has 0 aromatic heterocycles. The van der Waals surface area contributed by atoms with Crippen molar-refractivity contribution < 1.29 is 14.3 Å². The van der Waals surface area contributed by atoms with Gasteiger partial charge in [0.1, 0.15) is 11.5 Å². The first-order valence-corrected chi connectivity index (χ1v) is 8.31. The molecular weight excluding hydrogens is 302 g/mol. The number of hydrogen-bond acceptors (Lipinski definition) is 3. The molecule has 0 saturated heterocycles. The van der Waals surface area contributed by atoms with E-state index in [9.17, 15) is 4.79 Å². The van der Waals surface area contributed by atoms with Gasteiger partial charge < -0.3 is 14.8 Å². The summed E-state index contributed by atoms with van der Waals surface area (Å²) in [6.07, 6.45) is 2.14. The summed E-state index contributed by atoms with van der Waals surface area (Å²) in [6.45, 7) is 6.89. The largest absolute Gasteiger partial charge is 0.494 e. The van der Waals surface area contributed by atoms with Crippen LogP contribution < -0.4 is 14.8 Å². The molecule has 0 bridgehead atoms. The molecule has 0 atom stereocenters. The maximum atomic E-state index is 12.0. The fourth-order valence-electron chi connectivity index (χ4n) is 2.12. The Morgan fingerprint density at radius 3 is 2.33 bits per heavy atom. The number of carbonyl (C=O) groups is 1. The maximum absolute atomic E-state index is 12.0. The molecule has 1 N–H and O–H groups in total. The van der Waals surface area contributed by atoms with E-state index in [1.54, 1.807) is 0 Å². The van der Waals surface area contributed by atoms with Gasteiger partial charge in [-0.1, -0.05) is 19.4 Å². The maximum Gasteiger partial charge on any atom is 0.262 e. The lowest BCUT2D eigenvalue weighted by molar-refractivity contribution is -0.118. The van der Waals surface area contributed by atoms with E-state index >= 15 is 0 Å². The van der Waals surface area contributed by atoms with Crippen molar-refractivity contribution in [3.05, 3.63) is 53.6 Å². The zero-order valence-electron chi connectivity index (χ0n) is 14.6. The van der Waals surface area contributed by atoms with Crippen molar-refractivity contribution in [2.45, 2.75) is 33.6 Å². The molecule has 2 aromatic carbocycles. The second kappa shape index (κ2) is 8.96. The van der Waals surface area contributed by atoms with Crippen LogP contribution in [-0.4, -0.2) is 19.1 Å². The molecule has 0 aliphatic carbocycles. The van der Waals surface area contributed by atoms with Crippen LogP contribution in [0.4, 0.5) is 5.69 Å². The highest BCUT2D eigenvalue weighted by Gasteiger charge is 2.05. The minimum atomic E-state index is -0.187.